The Kier molecular flexibility index (Phi) is 4.26. The highest BCUT2D eigenvalue weighted by Crippen LogP contribution is 2.42. The van der Waals surface area contributed by atoms with Gasteiger partial charge in [0.2, 0.25) is 0 Å². The largest absolute Gasteiger partial charge is 0.465 e. The van der Waals surface area contributed by atoms with E-state index in [1.807, 2.05) is 0 Å². The van der Waals surface area contributed by atoms with Gasteiger partial charge >= 0.3 is 5.97 Å². The highest BCUT2D eigenvalue weighted by atomic mass is 16.5. The molecule has 0 aromatic heterocycles. The first-order chi connectivity index (χ1) is 9.02. The van der Waals surface area contributed by atoms with Crippen LogP contribution in [0.2, 0.25) is 0 Å². The van der Waals surface area contributed by atoms with Gasteiger partial charge in [0.1, 0.15) is 0 Å². The van der Waals surface area contributed by atoms with Gasteiger partial charge in [0.05, 0.1) is 25.4 Å². The van der Waals surface area contributed by atoms with Crippen LogP contribution in [0.1, 0.15) is 45.4 Å². The smallest absolute Gasteiger partial charge is 0.322 e. The topological polar surface area (TPSA) is 72.8 Å². The molecular formula is C14H22O5. The third-order valence-electron chi connectivity index (χ3n) is 4.19. The number of hydrogen-bond acceptors (Lipinski definition) is 5. The van der Waals surface area contributed by atoms with Crippen molar-refractivity contribution in [3.05, 3.63) is 0 Å². The molecule has 5 heteroatoms. The van der Waals surface area contributed by atoms with Crippen LogP contribution in [0.5, 0.6) is 0 Å². The molecule has 5 nitrogen and oxygen atoms in total. The van der Waals surface area contributed by atoms with Crippen LogP contribution in [0.15, 0.2) is 0 Å². The molecule has 2 fully saturated rings. The fourth-order valence-corrected chi connectivity index (χ4v) is 3.17. The summed E-state index contributed by atoms with van der Waals surface area (Å²) in [5.41, 5.74) is -2.23. The predicted molar refractivity (Wildman–Crippen MR) is 67.5 cm³/mol. The first-order valence-electron chi connectivity index (χ1n) is 7.03. The maximum absolute atomic E-state index is 12.3. The van der Waals surface area contributed by atoms with Crippen molar-refractivity contribution in [1.29, 1.82) is 0 Å². The molecule has 0 spiro atoms. The number of aliphatic hydroxyl groups is 1. The van der Waals surface area contributed by atoms with E-state index in [0.717, 1.165) is 12.8 Å². The van der Waals surface area contributed by atoms with Crippen molar-refractivity contribution < 1.29 is 24.2 Å². The molecule has 1 unspecified atom stereocenters. The van der Waals surface area contributed by atoms with E-state index in [0.29, 0.717) is 19.4 Å². The van der Waals surface area contributed by atoms with Crippen molar-refractivity contribution in [2.45, 2.75) is 51.0 Å². The summed E-state index contributed by atoms with van der Waals surface area (Å²) in [4.78, 5) is 24.5. The number of ether oxygens (including phenoxy) is 2. The van der Waals surface area contributed by atoms with Crippen molar-refractivity contribution in [3.63, 3.8) is 0 Å². The maximum Gasteiger partial charge on any atom is 0.322 e. The highest BCUT2D eigenvalue weighted by molar-refractivity contribution is 6.04. The molecule has 1 aliphatic carbocycles. The van der Waals surface area contributed by atoms with E-state index in [9.17, 15) is 14.7 Å². The zero-order chi connectivity index (χ0) is 13.9. The average Bonchev–Trinajstić information content (AvgIpc) is 2.79. The Morgan fingerprint density at radius 1 is 1.42 bits per heavy atom. The van der Waals surface area contributed by atoms with E-state index >= 15 is 0 Å². The van der Waals surface area contributed by atoms with Gasteiger partial charge in [0, 0.05) is 12.8 Å². The number of carbonyl (C=O) groups excluding carboxylic acids is 2. The van der Waals surface area contributed by atoms with Gasteiger partial charge in [-0.2, -0.15) is 0 Å². The van der Waals surface area contributed by atoms with E-state index in [1.165, 1.54) is 0 Å². The van der Waals surface area contributed by atoms with Crippen LogP contribution in [0.25, 0.3) is 0 Å². The van der Waals surface area contributed by atoms with Crippen LogP contribution < -0.4 is 0 Å². The number of hydrogen-bond donors (Lipinski definition) is 1. The lowest BCUT2D eigenvalue weighted by molar-refractivity contribution is -0.175. The van der Waals surface area contributed by atoms with Crippen LogP contribution in [0.4, 0.5) is 0 Å². The zero-order valence-corrected chi connectivity index (χ0v) is 11.4. The molecule has 0 bridgehead atoms. The fraction of sp³-hybridized carbons (Fsp3) is 0.857. The van der Waals surface area contributed by atoms with Crippen molar-refractivity contribution >= 4 is 11.8 Å². The summed E-state index contributed by atoms with van der Waals surface area (Å²) in [6.45, 7) is 2.32. The Labute approximate surface area is 113 Å². The Morgan fingerprint density at radius 3 is 2.68 bits per heavy atom. The molecule has 1 saturated carbocycles. The quantitative estimate of drug-likeness (QED) is 0.614. The molecule has 19 heavy (non-hydrogen) atoms. The van der Waals surface area contributed by atoms with Gasteiger partial charge in [-0.3, -0.25) is 9.59 Å². The Balaban J connectivity index is 2.22. The van der Waals surface area contributed by atoms with Gasteiger partial charge in [-0.1, -0.05) is 12.8 Å². The lowest BCUT2D eigenvalue weighted by Gasteiger charge is -2.38. The van der Waals surface area contributed by atoms with Crippen molar-refractivity contribution in [1.82, 2.24) is 0 Å². The molecule has 1 atom stereocenters. The number of ketones is 1. The van der Waals surface area contributed by atoms with Gasteiger partial charge < -0.3 is 14.6 Å². The monoisotopic (exact) mass is 270 g/mol. The normalized spacial score (nSPS) is 30.3. The second-order valence-corrected chi connectivity index (χ2v) is 5.64. The predicted octanol–water partition coefficient (Wildman–Crippen LogP) is 1.22. The van der Waals surface area contributed by atoms with Gasteiger partial charge in [-0.25, -0.2) is 0 Å². The number of Topliss-reactive ketones (excluding diaryl/α,β-unsaturated/α-hetero) is 1. The summed E-state index contributed by atoms with van der Waals surface area (Å²) in [5.74, 6) is -0.697. The highest BCUT2D eigenvalue weighted by Gasteiger charge is 2.53. The van der Waals surface area contributed by atoms with Crippen LogP contribution >= 0.6 is 0 Å². The molecule has 0 amide bonds. The summed E-state index contributed by atoms with van der Waals surface area (Å²) in [6, 6.07) is 0. The molecule has 2 aliphatic rings. The minimum atomic E-state index is -1.30. The lowest BCUT2D eigenvalue weighted by Crippen LogP contribution is -2.52. The van der Waals surface area contributed by atoms with Gasteiger partial charge in [-0.15, -0.1) is 0 Å². The van der Waals surface area contributed by atoms with Gasteiger partial charge in [0.25, 0.3) is 0 Å². The van der Waals surface area contributed by atoms with E-state index in [1.54, 1.807) is 6.92 Å². The minimum Gasteiger partial charge on any atom is -0.465 e. The summed E-state index contributed by atoms with van der Waals surface area (Å²) in [5, 5.41) is 10.5. The van der Waals surface area contributed by atoms with E-state index in [-0.39, 0.29) is 31.8 Å². The molecule has 1 saturated heterocycles. The molecule has 2 rings (SSSR count). The van der Waals surface area contributed by atoms with Gasteiger partial charge in [-0.05, 0) is 19.8 Å². The molecule has 0 aromatic carbocycles. The SMILES string of the molecule is CCOC(=O)C1(CC2(O)CCCC2)COCCC1=O. The number of esters is 1. The third-order valence-corrected chi connectivity index (χ3v) is 4.19. The second-order valence-electron chi connectivity index (χ2n) is 5.64. The van der Waals surface area contributed by atoms with Crippen molar-refractivity contribution in [2.24, 2.45) is 5.41 Å². The molecule has 1 heterocycles. The third kappa shape index (κ3) is 2.82. The second kappa shape index (κ2) is 5.59. The van der Waals surface area contributed by atoms with Crippen LogP contribution in [0.3, 0.4) is 0 Å². The summed E-state index contributed by atoms with van der Waals surface area (Å²) < 4.78 is 10.4. The van der Waals surface area contributed by atoms with Crippen LogP contribution in [-0.4, -0.2) is 42.3 Å². The number of rotatable bonds is 4. The molecule has 0 radical (unpaired) electrons. The maximum atomic E-state index is 12.3. The van der Waals surface area contributed by atoms with Crippen molar-refractivity contribution in [3.8, 4) is 0 Å². The molecular weight excluding hydrogens is 248 g/mol. The van der Waals surface area contributed by atoms with Gasteiger partial charge in [0.15, 0.2) is 11.2 Å². The Morgan fingerprint density at radius 2 is 2.11 bits per heavy atom. The Bertz CT molecular complexity index is 359. The first-order valence-corrected chi connectivity index (χ1v) is 7.03. The molecule has 1 aliphatic heterocycles. The summed E-state index contributed by atoms with van der Waals surface area (Å²) >= 11 is 0. The first kappa shape index (κ1) is 14.5. The summed E-state index contributed by atoms with van der Waals surface area (Å²) in [6.07, 6.45) is 3.50. The lowest BCUT2D eigenvalue weighted by atomic mass is 9.72. The zero-order valence-electron chi connectivity index (χ0n) is 11.4. The van der Waals surface area contributed by atoms with Crippen LogP contribution in [0, 0.1) is 5.41 Å². The van der Waals surface area contributed by atoms with Crippen molar-refractivity contribution in [2.75, 3.05) is 19.8 Å². The molecule has 0 aromatic rings. The van der Waals surface area contributed by atoms with Crippen LogP contribution in [-0.2, 0) is 19.1 Å². The number of carbonyl (C=O) groups is 2. The summed E-state index contributed by atoms with van der Waals surface area (Å²) in [7, 11) is 0. The Hall–Kier alpha value is -0.940. The fourth-order valence-electron chi connectivity index (χ4n) is 3.17. The molecule has 1 N–H and O–H groups in total. The molecule has 108 valence electrons. The van der Waals surface area contributed by atoms with E-state index < -0.39 is 17.0 Å². The minimum absolute atomic E-state index is 0.0347. The average molecular weight is 270 g/mol. The van der Waals surface area contributed by atoms with E-state index in [4.69, 9.17) is 9.47 Å². The standard InChI is InChI=1S/C14H22O5/c1-2-19-12(16)14(10-18-8-5-11(14)15)9-13(17)6-3-4-7-13/h17H,2-10H2,1H3. The van der Waals surface area contributed by atoms with E-state index in [2.05, 4.69) is 0 Å².